The van der Waals surface area contributed by atoms with E-state index in [1.807, 2.05) is 7.05 Å². The third kappa shape index (κ3) is 5.73. The van der Waals surface area contributed by atoms with Crippen molar-refractivity contribution in [3.05, 3.63) is 0 Å². The molecule has 1 fully saturated rings. The van der Waals surface area contributed by atoms with E-state index in [4.69, 9.17) is 4.74 Å². The van der Waals surface area contributed by atoms with Gasteiger partial charge >= 0.3 is 6.18 Å². The van der Waals surface area contributed by atoms with Crippen molar-refractivity contribution >= 4 is 0 Å². The van der Waals surface area contributed by atoms with Crippen molar-refractivity contribution in [2.75, 3.05) is 20.2 Å². The van der Waals surface area contributed by atoms with Crippen molar-refractivity contribution < 1.29 is 17.9 Å². The molecule has 0 radical (unpaired) electrons. The molecule has 2 nitrogen and oxygen atoms in total. The van der Waals surface area contributed by atoms with E-state index in [9.17, 15) is 13.2 Å². The minimum atomic E-state index is -4.12. The lowest BCUT2D eigenvalue weighted by atomic mass is 9.94. The van der Waals surface area contributed by atoms with Crippen molar-refractivity contribution in [3.63, 3.8) is 0 Å². The fourth-order valence-corrected chi connectivity index (χ4v) is 2.45. The second-order valence-electron chi connectivity index (χ2n) is 4.84. The van der Waals surface area contributed by atoms with Gasteiger partial charge in [0.1, 0.15) is 0 Å². The Morgan fingerprint density at radius 3 is 2.18 bits per heavy atom. The molecule has 0 bridgehead atoms. The SMILES string of the molecule is CNCC1(OCCC(F)(F)F)CCCCCC1. The van der Waals surface area contributed by atoms with Crippen LogP contribution in [0.5, 0.6) is 0 Å². The molecule has 0 aliphatic heterocycles. The summed E-state index contributed by atoms with van der Waals surface area (Å²) in [5, 5.41) is 3.05. The lowest BCUT2D eigenvalue weighted by Crippen LogP contribution is -2.42. The van der Waals surface area contributed by atoms with Crippen molar-refractivity contribution in [2.24, 2.45) is 0 Å². The molecule has 0 aromatic rings. The number of hydrogen-bond donors (Lipinski definition) is 1. The fraction of sp³-hybridized carbons (Fsp3) is 1.00. The van der Waals surface area contributed by atoms with Gasteiger partial charge in [-0.25, -0.2) is 0 Å². The normalized spacial score (nSPS) is 21.2. The van der Waals surface area contributed by atoms with Gasteiger partial charge in [-0.05, 0) is 19.9 Å². The maximum Gasteiger partial charge on any atom is 0.391 e. The minimum absolute atomic E-state index is 0.217. The number of rotatable bonds is 5. The third-order valence-electron chi connectivity index (χ3n) is 3.31. The smallest absolute Gasteiger partial charge is 0.373 e. The Labute approximate surface area is 101 Å². The van der Waals surface area contributed by atoms with Gasteiger partial charge < -0.3 is 10.1 Å². The summed E-state index contributed by atoms with van der Waals surface area (Å²) in [5.74, 6) is 0. The molecule has 17 heavy (non-hydrogen) atoms. The molecular weight excluding hydrogens is 231 g/mol. The summed E-state index contributed by atoms with van der Waals surface area (Å²) in [5.41, 5.74) is -0.378. The van der Waals surface area contributed by atoms with Crippen LogP contribution in [0.15, 0.2) is 0 Å². The van der Waals surface area contributed by atoms with Crippen LogP contribution in [0, 0.1) is 0 Å². The molecule has 0 saturated heterocycles. The molecule has 0 atom stereocenters. The number of likely N-dealkylation sites (N-methyl/N-ethyl adjacent to an activating group) is 1. The van der Waals surface area contributed by atoms with E-state index >= 15 is 0 Å². The summed E-state index contributed by atoms with van der Waals surface area (Å²) in [6.45, 7) is 0.427. The predicted molar refractivity (Wildman–Crippen MR) is 61.0 cm³/mol. The average Bonchev–Trinajstić information content (AvgIpc) is 2.43. The largest absolute Gasteiger partial charge is 0.391 e. The van der Waals surface area contributed by atoms with E-state index < -0.39 is 12.6 Å². The highest BCUT2D eigenvalue weighted by Gasteiger charge is 2.33. The fourth-order valence-electron chi connectivity index (χ4n) is 2.45. The third-order valence-corrected chi connectivity index (χ3v) is 3.31. The summed E-state index contributed by atoms with van der Waals surface area (Å²) < 4.78 is 41.9. The van der Waals surface area contributed by atoms with E-state index in [1.165, 1.54) is 0 Å². The van der Waals surface area contributed by atoms with Crippen LogP contribution < -0.4 is 5.32 Å². The molecule has 0 unspecified atom stereocenters. The second kappa shape index (κ2) is 6.59. The van der Waals surface area contributed by atoms with Gasteiger partial charge in [-0.15, -0.1) is 0 Å². The number of nitrogens with one attached hydrogen (secondary N) is 1. The maximum atomic E-state index is 12.1. The Balaban J connectivity index is 2.45. The molecule has 102 valence electrons. The maximum absolute atomic E-state index is 12.1. The number of alkyl halides is 3. The van der Waals surface area contributed by atoms with Gasteiger partial charge in [-0.1, -0.05) is 25.7 Å². The van der Waals surface area contributed by atoms with E-state index in [1.54, 1.807) is 0 Å². The molecular formula is C12H22F3NO. The first-order valence-electron chi connectivity index (χ1n) is 6.33. The molecule has 1 aliphatic carbocycles. The molecule has 1 rings (SSSR count). The Kier molecular flexibility index (Phi) is 5.73. The monoisotopic (exact) mass is 253 g/mol. The van der Waals surface area contributed by atoms with Crippen LogP contribution in [0.25, 0.3) is 0 Å². The zero-order chi connectivity index (χ0) is 12.8. The van der Waals surface area contributed by atoms with Crippen LogP contribution in [0.1, 0.15) is 44.9 Å². The quantitative estimate of drug-likeness (QED) is 0.759. The summed E-state index contributed by atoms with van der Waals surface area (Å²) in [6, 6.07) is 0. The highest BCUT2D eigenvalue weighted by atomic mass is 19.4. The molecule has 5 heteroatoms. The highest BCUT2D eigenvalue weighted by molar-refractivity contribution is 4.85. The summed E-state index contributed by atoms with van der Waals surface area (Å²) in [7, 11) is 1.82. The van der Waals surface area contributed by atoms with Gasteiger partial charge in [-0.3, -0.25) is 0 Å². The first-order valence-corrected chi connectivity index (χ1v) is 6.33. The average molecular weight is 253 g/mol. The van der Waals surface area contributed by atoms with Crippen LogP contribution >= 0.6 is 0 Å². The molecule has 0 amide bonds. The number of ether oxygens (including phenoxy) is 1. The topological polar surface area (TPSA) is 21.3 Å². The van der Waals surface area contributed by atoms with E-state index in [2.05, 4.69) is 5.32 Å². The van der Waals surface area contributed by atoms with Crippen LogP contribution in [-0.2, 0) is 4.74 Å². The Hall–Kier alpha value is -0.290. The Morgan fingerprint density at radius 2 is 1.71 bits per heavy atom. The van der Waals surface area contributed by atoms with E-state index in [0.29, 0.717) is 6.54 Å². The van der Waals surface area contributed by atoms with Crippen LogP contribution in [0.3, 0.4) is 0 Å². The number of hydrogen-bond acceptors (Lipinski definition) is 2. The Morgan fingerprint density at radius 1 is 1.12 bits per heavy atom. The highest BCUT2D eigenvalue weighted by Crippen LogP contribution is 2.31. The van der Waals surface area contributed by atoms with Gasteiger partial charge in [0, 0.05) is 6.54 Å². The van der Waals surface area contributed by atoms with Crippen molar-refractivity contribution in [3.8, 4) is 0 Å². The Bertz CT molecular complexity index is 210. The van der Waals surface area contributed by atoms with Crippen molar-refractivity contribution in [1.29, 1.82) is 0 Å². The standard InChI is InChI=1S/C12H22F3NO/c1-16-10-11(6-4-2-3-5-7-11)17-9-8-12(13,14)15/h16H,2-10H2,1H3. The molecule has 0 spiro atoms. The lowest BCUT2D eigenvalue weighted by Gasteiger charge is -2.33. The van der Waals surface area contributed by atoms with Gasteiger partial charge in [0.2, 0.25) is 0 Å². The van der Waals surface area contributed by atoms with Crippen LogP contribution in [0.2, 0.25) is 0 Å². The molecule has 1 aliphatic rings. The predicted octanol–water partition coefficient (Wildman–Crippen LogP) is 3.27. The van der Waals surface area contributed by atoms with Crippen LogP contribution in [0.4, 0.5) is 13.2 Å². The summed E-state index contributed by atoms with van der Waals surface area (Å²) in [4.78, 5) is 0. The minimum Gasteiger partial charge on any atom is -0.373 e. The van der Waals surface area contributed by atoms with Gasteiger partial charge in [0.15, 0.2) is 0 Å². The molecule has 0 aromatic carbocycles. The van der Waals surface area contributed by atoms with E-state index in [0.717, 1.165) is 38.5 Å². The first-order chi connectivity index (χ1) is 7.97. The first kappa shape index (κ1) is 14.8. The zero-order valence-corrected chi connectivity index (χ0v) is 10.4. The van der Waals surface area contributed by atoms with Gasteiger partial charge in [0.05, 0.1) is 18.6 Å². The van der Waals surface area contributed by atoms with Crippen molar-refractivity contribution in [1.82, 2.24) is 5.32 Å². The van der Waals surface area contributed by atoms with Crippen LogP contribution in [-0.4, -0.2) is 32.0 Å². The molecule has 1 N–H and O–H groups in total. The molecule has 0 heterocycles. The lowest BCUT2D eigenvalue weighted by molar-refractivity contribution is -0.159. The molecule has 0 aromatic heterocycles. The van der Waals surface area contributed by atoms with Gasteiger partial charge in [-0.2, -0.15) is 13.2 Å². The second-order valence-corrected chi connectivity index (χ2v) is 4.84. The van der Waals surface area contributed by atoms with E-state index in [-0.39, 0.29) is 12.2 Å². The van der Waals surface area contributed by atoms with Crippen molar-refractivity contribution in [2.45, 2.75) is 56.7 Å². The van der Waals surface area contributed by atoms with Gasteiger partial charge in [0.25, 0.3) is 0 Å². The molecule has 1 saturated carbocycles. The number of halogens is 3. The summed E-state index contributed by atoms with van der Waals surface area (Å²) >= 11 is 0. The zero-order valence-electron chi connectivity index (χ0n) is 10.4. The summed E-state index contributed by atoms with van der Waals surface area (Å²) in [6.07, 6.45) is 1.19.